The molecule has 0 heterocycles. The van der Waals surface area contributed by atoms with E-state index in [2.05, 4.69) is 20.8 Å². The second-order valence-electron chi connectivity index (χ2n) is 6.60. The zero-order valence-electron chi connectivity index (χ0n) is 15.8. The Balaban J connectivity index is 2.91. The zero-order valence-corrected chi connectivity index (χ0v) is 15.8. The molecule has 1 aromatic rings. The number of rotatable bonds is 12. The molecule has 1 aromatic carbocycles. The number of carbonyl (C=O) groups is 2. The van der Waals surface area contributed by atoms with Crippen LogP contribution in [0.2, 0.25) is 0 Å². The normalized spacial score (nSPS) is 13.2. The summed E-state index contributed by atoms with van der Waals surface area (Å²) in [5.74, 6) is -1.29. The van der Waals surface area contributed by atoms with E-state index in [1.54, 1.807) is 12.1 Å². The quantitative estimate of drug-likeness (QED) is 0.388. The van der Waals surface area contributed by atoms with Crippen LogP contribution in [0.5, 0.6) is 0 Å². The average molecular weight is 348 g/mol. The predicted molar refractivity (Wildman–Crippen MR) is 100 cm³/mol. The van der Waals surface area contributed by atoms with Crippen LogP contribution in [0.15, 0.2) is 24.3 Å². The number of carboxylic acid groups (broad SMARTS) is 1. The number of benzene rings is 1. The van der Waals surface area contributed by atoms with Gasteiger partial charge in [0.25, 0.3) is 0 Å². The number of hydrogen-bond acceptors (Lipinski definition) is 3. The monoisotopic (exact) mass is 348 g/mol. The van der Waals surface area contributed by atoms with Crippen LogP contribution < -0.4 is 0 Å². The standard InChI is InChI=1S/C21H32O4/c1-4-7-9-15-19(16(6-3)12-8-5-2)25-21(24)18-14-11-10-13-17(18)20(22)23/h10-11,13-14,16,19H,4-9,12,15H2,1-3H3,(H,22,23). The van der Waals surface area contributed by atoms with Gasteiger partial charge in [0.2, 0.25) is 0 Å². The van der Waals surface area contributed by atoms with Crippen molar-refractivity contribution in [1.82, 2.24) is 0 Å². The average Bonchev–Trinajstić information content (AvgIpc) is 2.62. The third-order valence-corrected chi connectivity index (χ3v) is 4.71. The first kappa shape index (κ1) is 21.2. The number of ether oxygens (including phenoxy) is 1. The molecule has 1 rings (SSSR count). The van der Waals surface area contributed by atoms with Crippen LogP contribution in [0, 0.1) is 5.92 Å². The van der Waals surface area contributed by atoms with Gasteiger partial charge in [0.15, 0.2) is 0 Å². The highest BCUT2D eigenvalue weighted by molar-refractivity contribution is 6.02. The summed E-state index contributed by atoms with van der Waals surface area (Å²) in [5.41, 5.74) is 0.141. The third-order valence-electron chi connectivity index (χ3n) is 4.71. The number of unbranched alkanes of at least 4 members (excludes halogenated alkanes) is 3. The van der Waals surface area contributed by atoms with Crippen molar-refractivity contribution in [2.75, 3.05) is 0 Å². The van der Waals surface area contributed by atoms with E-state index in [1.807, 2.05) is 0 Å². The minimum atomic E-state index is -1.10. The smallest absolute Gasteiger partial charge is 0.339 e. The molecule has 0 saturated carbocycles. The fourth-order valence-electron chi connectivity index (χ4n) is 3.15. The topological polar surface area (TPSA) is 63.6 Å². The van der Waals surface area contributed by atoms with Crippen molar-refractivity contribution in [2.24, 2.45) is 5.92 Å². The number of aromatic carboxylic acids is 1. The Morgan fingerprint density at radius 1 is 0.960 bits per heavy atom. The van der Waals surface area contributed by atoms with Gasteiger partial charge >= 0.3 is 11.9 Å². The molecule has 0 saturated heterocycles. The van der Waals surface area contributed by atoms with Crippen LogP contribution in [-0.4, -0.2) is 23.1 Å². The van der Waals surface area contributed by atoms with E-state index in [-0.39, 0.29) is 17.2 Å². The fourth-order valence-corrected chi connectivity index (χ4v) is 3.15. The van der Waals surface area contributed by atoms with E-state index in [4.69, 9.17) is 4.74 Å². The Labute approximate surface area is 151 Å². The first-order valence-electron chi connectivity index (χ1n) is 9.58. The minimum Gasteiger partial charge on any atom is -0.478 e. The van der Waals surface area contributed by atoms with Gasteiger partial charge in [0, 0.05) is 0 Å². The summed E-state index contributed by atoms with van der Waals surface area (Å²) in [6, 6.07) is 6.26. The van der Waals surface area contributed by atoms with Crippen molar-refractivity contribution in [2.45, 2.75) is 78.2 Å². The van der Waals surface area contributed by atoms with Crippen LogP contribution in [0.25, 0.3) is 0 Å². The molecule has 0 aliphatic heterocycles. The van der Waals surface area contributed by atoms with Crippen molar-refractivity contribution in [3.8, 4) is 0 Å². The molecule has 4 nitrogen and oxygen atoms in total. The van der Waals surface area contributed by atoms with Crippen molar-refractivity contribution in [3.05, 3.63) is 35.4 Å². The van der Waals surface area contributed by atoms with Gasteiger partial charge in [-0.25, -0.2) is 9.59 Å². The predicted octanol–water partition coefficient (Wildman–Crippen LogP) is 5.71. The van der Waals surface area contributed by atoms with E-state index in [0.29, 0.717) is 5.92 Å². The van der Waals surface area contributed by atoms with Crippen LogP contribution in [-0.2, 0) is 4.74 Å². The number of hydrogen-bond donors (Lipinski definition) is 1. The molecule has 0 aliphatic rings. The van der Waals surface area contributed by atoms with Crippen LogP contribution >= 0.6 is 0 Å². The molecule has 2 unspecified atom stereocenters. The van der Waals surface area contributed by atoms with Gasteiger partial charge in [0.05, 0.1) is 11.1 Å². The lowest BCUT2D eigenvalue weighted by atomic mass is 9.90. The molecular formula is C21H32O4. The van der Waals surface area contributed by atoms with Gasteiger partial charge in [-0.05, 0) is 43.7 Å². The van der Waals surface area contributed by atoms with Gasteiger partial charge in [-0.3, -0.25) is 0 Å². The molecule has 140 valence electrons. The fraction of sp³-hybridized carbons (Fsp3) is 0.619. The third kappa shape index (κ3) is 6.89. The first-order chi connectivity index (χ1) is 12.0. The molecule has 0 bridgehead atoms. The molecule has 4 heteroatoms. The summed E-state index contributed by atoms with van der Waals surface area (Å²) >= 11 is 0. The molecule has 0 amide bonds. The lowest BCUT2D eigenvalue weighted by Crippen LogP contribution is -2.28. The van der Waals surface area contributed by atoms with Crippen molar-refractivity contribution in [3.63, 3.8) is 0 Å². The molecule has 0 aromatic heterocycles. The summed E-state index contributed by atoms with van der Waals surface area (Å²) in [6.07, 6.45) is 8.20. The first-order valence-corrected chi connectivity index (χ1v) is 9.58. The highest BCUT2D eigenvalue weighted by atomic mass is 16.5. The summed E-state index contributed by atoms with van der Waals surface area (Å²) in [6.45, 7) is 6.44. The van der Waals surface area contributed by atoms with E-state index >= 15 is 0 Å². The zero-order chi connectivity index (χ0) is 18.7. The van der Waals surface area contributed by atoms with Gasteiger partial charge in [-0.1, -0.05) is 58.6 Å². The second-order valence-corrected chi connectivity index (χ2v) is 6.60. The summed E-state index contributed by atoms with van der Waals surface area (Å²) < 4.78 is 5.82. The molecule has 0 aliphatic carbocycles. The Morgan fingerprint density at radius 2 is 1.60 bits per heavy atom. The minimum absolute atomic E-state index is 0.00131. The highest BCUT2D eigenvalue weighted by Gasteiger charge is 2.26. The second kappa shape index (κ2) is 11.7. The Kier molecular flexibility index (Phi) is 9.90. The number of carbonyl (C=O) groups excluding carboxylic acids is 1. The Hall–Kier alpha value is -1.84. The van der Waals surface area contributed by atoms with Crippen molar-refractivity contribution >= 4 is 11.9 Å². The van der Waals surface area contributed by atoms with Crippen LogP contribution in [0.1, 0.15) is 92.9 Å². The lowest BCUT2D eigenvalue weighted by molar-refractivity contribution is 0.00748. The lowest BCUT2D eigenvalue weighted by Gasteiger charge is -2.26. The van der Waals surface area contributed by atoms with Crippen molar-refractivity contribution in [1.29, 1.82) is 0 Å². The summed E-state index contributed by atoms with van der Waals surface area (Å²) in [5, 5.41) is 9.29. The maximum absolute atomic E-state index is 12.6. The Morgan fingerprint density at radius 3 is 2.16 bits per heavy atom. The van der Waals surface area contributed by atoms with Gasteiger partial charge < -0.3 is 9.84 Å². The van der Waals surface area contributed by atoms with Gasteiger partial charge in [0.1, 0.15) is 6.10 Å². The SMILES string of the molecule is CCCCCC(OC(=O)c1ccccc1C(=O)O)C(CC)CCCC. The maximum atomic E-state index is 12.6. The van der Waals surface area contributed by atoms with E-state index in [9.17, 15) is 14.7 Å². The molecule has 1 N–H and O–H groups in total. The molecule has 0 fully saturated rings. The molecule has 0 radical (unpaired) electrons. The largest absolute Gasteiger partial charge is 0.478 e. The highest BCUT2D eigenvalue weighted by Crippen LogP contribution is 2.25. The van der Waals surface area contributed by atoms with E-state index in [1.165, 1.54) is 12.1 Å². The number of carboxylic acids is 1. The molecule has 2 atom stereocenters. The van der Waals surface area contributed by atoms with Crippen LogP contribution in [0.3, 0.4) is 0 Å². The summed E-state index contributed by atoms with van der Waals surface area (Å²) in [4.78, 5) is 24.0. The Bertz CT molecular complexity index is 538. The molecule has 25 heavy (non-hydrogen) atoms. The van der Waals surface area contributed by atoms with Crippen molar-refractivity contribution < 1.29 is 19.4 Å². The van der Waals surface area contributed by atoms with E-state index in [0.717, 1.165) is 51.4 Å². The van der Waals surface area contributed by atoms with E-state index < -0.39 is 11.9 Å². The van der Waals surface area contributed by atoms with Crippen LogP contribution in [0.4, 0.5) is 0 Å². The van der Waals surface area contributed by atoms with Gasteiger partial charge in [-0.2, -0.15) is 0 Å². The molecular weight excluding hydrogens is 316 g/mol. The number of esters is 1. The van der Waals surface area contributed by atoms with Gasteiger partial charge in [-0.15, -0.1) is 0 Å². The molecule has 0 spiro atoms. The summed E-state index contributed by atoms with van der Waals surface area (Å²) in [7, 11) is 0. The maximum Gasteiger partial charge on any atom is 0.339 e.